The van der Waals surface area contributed by atoms with Gasteiger partial charge in [0.05, 0.1) is 7.05 Å². The Labute approximate surface area is 146 Å². The van der Waals surface area contributed by atoms with Crippen LogP contribution in [0.5, 0.6) is 0 Å². The summed E-state index contributed by atoms with van der Waals surface area (Å²) in [6, 6.07) is 15.4. The topological polar surface area (TPSA) is 16.8 Å². The highest BCUT2D eigenvalue weighted by Gasteiger charge is 2.21. The van der Waals surface area contributed by atoms with Crippen molar-refractivity contribution >= 4 is 31.6 Å². The Hall–Kier alpha value is -2.26. The first-order chi connectivity index (χ1) is 11.6. The zero-order chi connectivity index (χ0) is 16.8. The molecule has 0 aliphatic carbocycles. The van der Waals surface area contributed by atoms with Crippen molar-refractivity contribution < 1.29 is 4.57 Å². The number of hydrogen-bond acceptors (Lipinski definition) is 2. The van der Waals surface area contributed by atoms with Crippen molar-refractivity contribution in [2.24, 2.45) is 7.05 Å². The van der Waals surface area contributed by atoms with Crippen LogP contribution < -0.4 is 4.57 Å². The second-order valence-electron chi connectivity index (χ2n) is 6.71. The van der Waals surface area contributed by atoms with Gasteiger partial charge in [-0.3, -0.25) is 0 Å². The predicted molar refractivity (Wildman–Crippen MR) is 103 cm³/mol. The molecule has 4 aromatic rings. The Morgan fingerprint density at radius 1 is 1.08 bits per heavy atom. The maximum absolute atomic E-state index is 4.76. The molecule has 0 fully saturated rings. The maximum atomic E-state index is 4.76. The van der Waals surface area contributed by atoms with Crippen LogP contribution in [-0.4, -0.2) is 4.98 Å². The van der Waals surface area contributed by atoms with E-state index >= 15 is 0 Å². The highest BCUT2D eigenvalue weighted by molar-refractivity contribution is 7.26. The second-order valence-corrected chi connectivity index (χ2v) is 7.76. The van der Waals surface area contributed by atoms with Gasteiger partial charge in [-0.2, -0.15) is 0 Å². The van der Waals surface area contributed by atoms with Crippen LogP contribution in [0, 0.1) is 6.92 Å². The molecule has 120 valence electrons. The van der Waals surface area contributed by atoms with Gasteiger partial charge in [0.2, 0.25) is 5.52 Å². The SMILES string of the molecule is Cc1ccccc1-c1c2sc3ccc(C(C)C)cc3c2nc[n+]1C. The van der Waals surface area contributed by atoms with Crippen LogP contribution in [0.2, 0.25) is 0 Å². The molecule has 0 N–H and O–H groups in total. The summed E-state index contributed by atoms with van der Waals surface area (Å²) in [7, 11) is 2.08. The summed E-state index contributed by atoms with van der Waals surface area (Å²) in [5.74, 6) is 0.528. The lowest BCUT2D eigenvalue weighted by Gasteiger charge is -2.06. The molecule has 2 nitrogen and oxygen atoms in total. The Morgan fingerprint density at radius 3 is 2.62 bits per heavy atom. The largest absolute Gasteiger partial charge is 0.287 e. The minimum absolute atomic E-state index is 0.528. The lowest BCUT2D eigenvalue weighted by atomic mass is 10.0. The predicted octanol–water partition coefficient (Wildman–Crippen LogP) is 5.37. The number of hydrogen-bond donors (Lipinski definition) is 0. The van der Waals surface area contributed by atoms with Gasteiger partial charge >= 0.3 is 0 Å². The molecule has 4 rings (SSSR count). The van der Waals surface area contributed by atoms with Crippen molar-refractivity contribution in [3.63, 3.8) is 0 Å². The quantitative estimate of drug-likeness (QED) is 0.450. The molecule has 3 heteroatoms. The van der Waals surface area contributed by atoms with E-state index in [2.05, 4.69) is 74.9 Å². The lowest BCUT2D eigenvalue weighted by molar-refractivity contribution is -0.662. The molecular formula is C21H21N2S+. The van der Waals surface area contributed by atoms with Crippen LogP contribution in [0.15, 0.2) is 48.8 Å². The van der Waals surface area contributed by atoms with E-state index in [1.807, 2.05) is 17.7 Å². The minimum Gasteiger partial charge on any atom is -0.231 e. The van der Waals surface area contributed by atoms with Gasteiger partial charge in [-0.1, -0.05) is 44.2 Å². The number of aryl methyl sites for hydroxylation is 2. The molecular weight excluding hydrogens is 312 g/mol. The van der Waals surface area contributed by atoms with Crippen molar-refractivity contribution in [1.82, 2.24) is 4.98 Å². The number of nitrogens with zero attached hydrogens (tertiary/aromatic N) is 2. The first-order valence-electron chi connectivity index (χ1n) is 8.33. The third-order valence-corrected chi connectivity index (χ3v) is 5.85. The third kappa shape index (κ3) is 2.31. The standard InChI is InChI=1S/C21H21N2S/c1-13(2)15-9-10-18-17(11-15)19-21(24-18)20(23(4)12-22-19)16-8-6-5-7-14(16)3/h5-13H,1-4H3/q+1. The zero-order valence-electron chi connectivity index (χ0n) is 14.5. The van der Waals surface area contributed by atoms with Crippen LogP contribution in [-0.2, 0) is 7.05 Å². The van der Waals surface area contributed by atoms with Gasteiger partial charge in [-0.25, -0.2) is 4.57 Å². The molecule has 2 heterocycles. The lowest BCUT2D eigenvalue weighted by Crippen LogP contribution is -2.31. The van der Waals surface area contributed by atoms with Crippen LogP contribution >= 0.6 is 11.3 Å². The van der Waals surface area contributed by atoms with Gasteiger partial charge in [0.1, 0.15) is 4.70 Å². The van der Waals surface area contributed by atoms with Crippen molar-refractivity contribution in [3.8, 4) is 11.3 Å². The molecule has 0 spiro atoms. The van der Waals surface area contributed by atoms with Crippen molar-refractivity contribution in [1.29, 1.82) is 0 Å². The fourth-order valence-electron chi connectivity index (χ4n) is 3.26. The van der Waals surface area contributed by atoms with Gasteiger partial charge in [-0.05, 0) is 41.1 Å². The molecule has 0 bridgehead atoms. The monoisotopic (exact) mass is 333 g/mol. The van der Waals surface area contributed by atoms with E-state index in [1.54, 1.807) is 0 Å². The van der Waals surface area contributed by atoms with E-state index in [-0.39, 0.29) is 0 Å². The molecule has 24 heavy (non-hydrogen) atoms. The first-order valence-corrected chi connectivity index (χ1v) is 9.14. The van der Waals surface area contributed by atoms with Crippen LogP contribution in [0.3, 0.4) is 0 Å². The van der Waals surface area contributed by atoms with Crippen LogP contribution in [0.1, 0.15) is 30.9 Å². The Morgan fingerprint density at radius 2 is 1.88 bits per heavy atom. The highest BCUT2D eigenvalue weighted by atomic mass is 32.1. The normalized spacial score (nSPS) is 11.7. The second kappa shape index (κ2) is 5.67. The summed E-state index contributed by atoms with van der Waals surface area (Å²) >= 11 is 1.84. The van der Waals surface area contributed by atoms with Gasteiger partial charge in [0.25, 0.3) is 6.33 Å². The van der Waals surface area contributed by atoms with Gasteiger partial charge < -0.3 is 0 Å². The maximum Gasteiger partial charge on any atom is 0.287 e. The number of rotatable bonds is 2. The summed E-state index contributed by atoms with van der Waals surface area (Å²) in [5, 5.41) is 1.27. The van der Waals surface area contributed by atoms with E-state index in [1.165, 1.54) is 37.2 Å². The molecule has 0 radical (unpaired) electrons. The molecule has 2 aromatic carbocycles. The summed E-state index contributed by atoms with van der Waals surface area (Å²) in [5.41, 5.74) is 6.32. The Bertz CT molecular complexity index is 1060. The van der Waals surface area contributed by atoms with E-state index in [0.29, 0.717) is 5.92 Å². The fourth-order valence-corrected chi connectivity index (χ4v) is 4.49. The Balaban J connectivity index is 2.10. The van der Waals surface area contributed by atoms with Gasteiger partial charge in [0.15, 0.2) is 5.69 Å². The van der Waals surface area contributed by atoms with Crippen LogP contribution in [0.25, 0.3) is 31.6 Å². The van der Waals surface area contributed by atoms with E-state index in [9.17, 15) is 0 Å². The number of thiophene rings is 1. The minimum atomic E-state index is 0.528. The molecule has 0 atom stereocenters. The van der Waals surface area contributed by atoms with Gasteiger partial charge in [0, 0.05) is 15.6 Å². The van der Waals surface area contributed by atoms with Gasteiger partial charge in [-0.15, -0.1) is 11.3 Å². The number of aromatic nitrogens is 2. The number of fused-ring (bicyclic) bond motifs is 3. The summed E-state index contributed by atoms with van der Waals surface area (Å²) in [4.78, 5) is 4.76. The molecule has 0 saturated carbocycles. The average molecular weight is 333 g/mol. The van der Waals surface area contributed by atoms with Crippen LogP contribution in [0.4, 0.5) is 0 Å². The van der Waals surface area contributed by atoms with Crippen molar-refractivity contribution in [3.05, 3.63) is 59.9 Å². The fraction of sp³-hybridized carbons (Fsp3) is 0.238. The zero-order valence-corrected chi connectivity index (χ0v) is 15.3. The van der Waals surface area contributed by atoms with E-state index < -0.39 is 0 Å². The van der Waals surface area contributed by atoms with Crippen molar-refractivity contribution in [2.75, 3.05) is 0 Å². The first kappa shape index (κ1) is 15.3. The van der Waals surface area contributed by atoms with E-state index in [4.69, 9.17) is 4.98 Å². The molecule has 2 aromatic heterocycles. The van der Waals surface area contributed by atoms with Crippen molar-refractivity contribution in [2.45, 2.75) is 26.7 Å². The third-order valence-electron chi connectivity index (χ3n) is 4.68. The molecule has 0 unspecified atom stereocenters. The smallest absolute Gasteiger partial charge is 0.231 e. The average Bonchev–Trinajstić information content (AvgIpc) is 2.93. The summed E-state index contributed by atoms with van der Waals surface area (Å²) in [6.07, 6.45) is 1.94. The summed E-state index contributed by atoms with van der Waals surface area (Å²) in [6.45, 7) is 6.65. The highest BCUT2D eigenvalue weighted by Crippen LogP contribution is 2.38. The number of benzene rings is 2. The molecule has 0 aliphatic heterocycles. The van der Waals surface area contributed by atoms with E-state index in [0.717, 1.165) is 5.52 Å². The molecule has 0 amide bonds. The molecule has 0 aliphatic rings. The Kier molecular flexibility index (Phi) is 3.61. The molecule has 0 saturated heterocycles. The summed E-state index contributed by atoms with van der Waals surface area (Å²) < 4.78 is 4.72.